The summed E-state index contributed by atoms with van der Waals surface area (Å²) in [6.45, 7) is 5.08. The van der Waals surface area contributed by atoms with Gasteiger partial charge in [-0.15, -0.1) is 0 Å². The van der Waals surface area contributed by atoms with Gasteiger partial charge in [0.2, 0.25) is 5.91 Å². The van der Waals surface area contributed by atoms with Crippen molar-refractivity contribution in [3.8, 4) is 0 Å². The monoisotopic (exact) mass is 261 g/mol. The van der Waals surface area contributed by atoms with Gasteiger partial charge in [-0.05, 0) is 50.4 Å². The fourth-order valence-electron chi connectivity index (χ4n) is 2.82. The number of aromatic nitrogens is 1. The summed E-state index contributed by atoms with van der Waals surface area (Å²) in [5.41, 5.74) is 0.740. The number of carbonyl (C=O) groups is 1. The van der Waals surface area contributed by atoms with Gasteiger partial charge in [0.15, 0.2) is 0 Å². The van der Waals surface area contributed by atoms with Crippen LogP contribution >= 0.6 is 0 Å². The van der Waals surface area contributed by atoms with E-state index in [1.807, 2.05) is 19.1 Å². The number of amides is 1. The third-order valence-corrected chi connectivity index (χ3v) is 3.91. The van der Waals surface area contributed by atoms with Crippen molar-refractivity contribution < 1.29 is 4.79 Å². The van der Waals surface area contributed by atoms with E-state index in [2.05, 4.69) is 22.5 Å². The highest BCUT2D eigenvalue weighted by molar-refractivity contribution is 5.87. The largest absolute Gasteiger partial charge is 0.348 e. The first-order valence-corrected chi connectivity index (χ1v) is 7.14. The maximum absolute atomic E-state index is 12.6. The Morgan fingerprint density at radius 2 is 2.26 bits per heavy atom. The average Bonchev–Trinajstić information content (AvgIpc) is 2.90. The highest BCUT2D eigenvalue weighted by atomic mass is 16.2. The number of nitrogens with zero attached hydrogens (tertiary/aromatic N) is 1. The number of nitrogens with one attached hydrogen (secondary N) is 2. The van der Waals surface area contributed by atoms with E-state index in [9.17, 15) is 4.79 Å². The second kappa shape index (κ2) is 6.15. The third-order valence-electron chi connectivity index (χ3n) is 3.91. The molecule has 1 unspecified atom stereocenters. The Balaban J connectivity index is 2.03. The van der Waals surface area contributed by atoms with Gasteiger partial charge >= 0.3 is 0 Å². The number of rotatable bonds is 5. The summed E-state index contributed by atoms with van der Waals surface area (Å²) in [4.78, 5) is 16.6. The van der Waals surface area contributed by atoms with Crippen LogP contribution in [0.4, 0.5) is 0 Å². The van der Waals surface area contributed by atoms with Gasteiger partial charge < -0.3 is 10.6 Å². The van der Waals surface area contributed by atoms with Crippen LogP contribution in [-0.4, -0.2) is 23.0 Å². The normalized spacial score (nSPS) is 24.1. The smallest absolute Gasteiger partial charge is 0.240 e. The highest BCUT2D eigenvalue weighted by Crippen LogP contribution is 2.26. The molecular formula is C15H23N3O. The Hall–Kier alpha value is -1.42. The Kier molecular flexibility index (Phi) is 4.53. The lowest BCUT2D eigenvalue weighted by Gasteiger charge is -2.29. The second-order valence-electron chi connectivity index (χ2n) is 5.34. The maximum atomic E-state index is 12.6. The molecule has 2 N–H and O–H groups in total. The molecule has 2 rings (SSSR count). The SMILES string of the molecule is CCCC1(C(=O)N[C@H](C)c2ccncc2)CCCN1. The van der Waals surface area contributed by atoms with E-state index in [-0.39, 0.29) is 17.5 Å². The summed E-state index contributed by atoms with van der Waals surface area (Å²) in [6, 6.07) is 3.91. The Bertz CT molecular complexity index is 413. The minimum atomic E-state index is -0.351. The van der Waals surface area contributed by atoms with Gasteiger partial charge in [-0.1, -0.05) is 13.3 Å². The van der Waals surface area contributed by atoms with Crippen molar-refractivity contribution in [2.45, 2.75) is 51.1 Å². The van der Waals surface area contributed by atoms with Crippen LogP contribution in [-0.2, 0) is 4.79 Å². The lowest BCUT2D eigenvalue weighted by atomic mass is 9.90. The first-order valence-electron chi connectivity index (χ1n) is 7.14. The molecule has 1 aliphatic heterocycles. The van der Waals surface area contributed by atoms with Crippen molar-refractivity contribution in [2.24, 2.45) is 0 Å². The zero-order valence-corrected chi connectivity index (χ0v) is 11.8. The number of hydrogen-bond acceptors (Lipinski definition) is 3. The highest BCUT2D eigenvalue weighted by Gasteiger charge is 2.40. The minimum Gasteiger partial charge on any atom is -0.348 e. The molecule has 1 aromatic heterocycles. The van der Waals surface area contributed by atoms with E-state index in [1.165, 1.54) is 0 Å². The molecule has 0 radical (unpaired) electrons. The van der Waals surface area contributed by atoms with Crippen LogP contribution in [0.15, 0.2) is 24.5 Å². The fraction of sp³-hybridized carbons (Fsp3) is 0.600. The van der Waals surface area contributed by atoms with Crippen molar-refractivity contribution in [3.05, 3.63) is 30.1 Å². The minimum absolute atomic E-state index is 0.0200. The van der Waals surface area contributed by atoms with Gasteiger partial charge in [-0.3, -0.25) is 9.78 Å². The van der Waals surface area contributed by atoms with Gasteiger partial charge in [0, 0.05) is 12.4 Å². The molecule has 1 aliphatic rings. The molecule has 0 aromatic carbocycles. The average molecular weight is 261 g/mol. The molecular weight excluding hydrogens is 238 g/mol. The van der Waals surface area contributed by atoms with Gasteiger partial charge in [0.25, 0.3) is 0 Å². The lowest BCUT2D eigenvalue weighted by molar-refractivity contribution is -0.128. The fourth-order valence-corrected chi connectivity index (χ4v) is 2.82. The zero-order chi connectivity index (χ0) is 13.7. The van der Waals surface area contributed by atoms with E-state index >= 15 is 0 Å². The molecule has 2 heterocycles. The van der Waals surface area contributed by atoms with Crippen molar-refractivity contribution in [1.29, 1.82) is 0 Å². The molecule has 0 spiro atoms. The Morgan fingerprint density at radius 1 is 1.53 bits per heavy atom. The first-order chi connectivity index (χ1) is 9.18. The molecule has 4 nitrogen and oxygen atoms in total. The van der Waals surface area contributed by atoms with Crippen molar-refractivity contribution in [3.63, 3.8) is 0 Å². The van der Waals surface area contributed by atoms with Crippen molar-refractivity contribution in [1.82, 2.24) is 15.6 Å². The summed E-state index contributed by atoms with van der Waals surface area (Å²) in [7, 11) is 0. The van der Waals surface area contributed by atoms with Crippen molar-refractivity contribution >= 4 is 5.91 Å². The number of carbonyl (C=O) groups excluding carboxylic acids is 1. The van der Waals surface area contributed by atoms with Crippen LogP contribution in [0.5, 0.6) is 0 Å². The van der Waals surface area contributed by atoms with Crippen molar-refractivity contribution in [2.75, 3.05) is 6.54 Å². The third kappa shape index (κ3) is 3.13. The van der Waals surface area contributed by atoms with E-state index in [0.717, 1.165) is 37.8 Å². The molecule has 4 heteroatoms. The van der Waals surface area contributed by atoms with Gasteiger partial charge in [-0.2, -0.15) is 0 Å². The molecule has 0 aliphatic carbocycles. The summed E-state index contributed by atoms with van der Waals surface area (Å²) in [5.74, 6) is 0.135. The van der Waals surface area contributed by atoms with Crippen LogP contribution in [0.2, 0.25) is 0 Å². The first kappa shape index (κ1) is 14.0. The van der Waals surface area contributed by atoms with E-state index in [4.69, 9.17) is 0 Å². The van der Waals surface area contributed by atoms with Crippen LogP contribution in [0, 0.1) is 0 Å². The molecule has 2 atom stereocenters. The van der Waals surface area contributed by atoms with Crippen LogP contribution in [0.3, 0.4) is 0 Å². The molecule has 19 heavy (non-hydrogen) atoms. The molecule has 0 saturated carbocycles. The topological polar surface area (TPSA) is 54.0 Å². The molecule has 104 valence electrons. The Labute approximate surface area is 115 Å². The van der Waals surface area contributed by atoms with E-state index < -0.39 is 0 Å². The summed E-state index contributed by atoms with van der Waals surface area (Å²) in [6.07, 6.45) is 7.46. The molecule has 1 amide bonds. The van der Waals surface area contributed by atoms with Crippen LogP contribution in [0.1, 0.15) is 51.1 Å². The van der Waals surface area contributed by atoms with Gasteiger partial charge in [0.05, 0.1) is 11.6 Å². The van der Waals surface area contributed by atoms with E-state index in [1.54, 1.807) is 12.4 Å². The predicted octanol–water partition coefficient (Wildman–Crippen LogP) is 2.18. The summed E-state index contributed by atoms with van der Waals surface area (Å²) < 4.78 is 0. The molecule has 1 aromatic rings. The van der Waals surface area contributed by atoms with Crippen LogP contribution in [0.25, 0.3) is 0 Å². The van der Waals surface area contributed by atoms with Gasteiger partial charge in [0.1, 0.15) is 0 Å². The quantitative estimate of drug-likeness (QED) is 0.854. The molecule has 1 saturated heterocycles. The lowest BCUT2D eigenvalue weighted by Crippen LogP contribution is -2.53. The predicted molar refractivity (Wildman–Crippen MR) is 75.7 cm³/mol. The van der Waals surface area contributed by atoms with Gasteiger partial charge in [-0.25, -0.2) is 0 Å². The molecule has 1 fully saturated rings. The zero-order valence-electron chi connectivity index (χ0n) is 11.8. The number of hydrogen-bond donors (Lipinski definition) is 2. The van der Waals surface area contributed by atoms with E-state index in [0.29, 0.717) is 0 Å². The summed E-state index contributed by atoms with van der Waals surface area (Å²) >= 11 is 0. The molecule has 0 bridgehead atoms. The Morgan fingerprint density at radius 3 is 2.84 bits per heavy atom. The summed E-state index contributed by atoms with van der Waals surface area (Å²) in [5, 5.41) is 6.54. The maximum Gasteiger partial charge on any atom is 0.240 e. The number of pyridine rings is 1. The second-order valence-corrected chi connectivity index (χ2v) is 5.34. The standard InChI is InChI=1S/C15H23N3O/c1-3-7-15(8-4-9-17-15)14(19)18-12(2)13-5-10-16-11-6-13/h5-6,10-12,17H,3-4,7-9H2,1-2H3,(H,18,19)/t12-,15?/m1/s1. The van der Waals surface area contributed by atoms with Crippen LogP contribution < -0.4 is 10.6 Å².